The summed E-state index contributed by atoms with van der Waals surface area (Å²) in [6.07, 6.45) is 2.02. The smallest absolute Gasteiger partial charge is 0.307 e. The molecule has 0 saturated carbocycles. The van der Waals surface area contributed by atoms with Gasteiger partial charge in [-0.3, -0.25) is 9.59 Å². The molecule has 0 radical (unpaired) electrons. The summed E-state index contributed by atoms with van der Waals surface area (Å²) in [5, 5.41) is 12.6. The number of hydrogen-bond donors (Lipinski definition) is 2. The number of carbonyl (C=O) groups is 2. The molecule has 2 aliphatic heterocycles. The molecular weight excluding hydrogens is 590 g/mol. The Labute approximate surface area is 272 Å². The SMILES string of the molecule is CCNC(C)c1ccc(N2C(=O)Cc3cc(OC)c(O[C@H](C)CC)cc3C2c2ccc(Cl)cc2)cc1.CN1CCC(C(=O)O)C1. The number of carboxylic acids is 1. The van der Waals surface area contributed by atoms with E-state index in [-0.39, 0.29) is 36.4 Å². The third-order valence-corrected chi connectivity index (χ3v) is 8.85. The molecule has 0 aliphatic carbocycles. The normalized spacial score (nSPS) is 19.3. The van der Waals surface area contributed by atoms with Gasteiger partial charge in [-0.2, -0.15) is 0 Å². The van der Waals surface area contributed by atoms with Crippen molar-refractivity contribution >= 4 is 29.2 Å². The number of methoxy groups -OCH3 is 1. The zero-order valence-electron chi connectivity index (χ0n) is 27.2. The second kappa shape index (κ2) is 15.6. The molecule has 0 spiro atoms. The number of nitrogens with zero attached hydrogens (tertiary/aromatic N) is 2. The Morgan fingerprint density at radius 2 is 1.76 bits per heavy atom. The lowest BCUT2D eigenvalue weighted by molar-refractivity contribution is -0.141. The van der Waals surface area contributed by atoms with Gasteiger partial charge in [-0.05, 0) is 105 Å². The minimum Gasteiger partial charge on any atom is -0.493 e. The standard InChI is InChI=1S/C30H35ClN2O3.C6H11NO2/c1-6-19(3)36-28-18-26-23(16-27(28)35-5)17-29(34)33(30(26)22-8-12-24(31)13-9-22)25-14-10-21(11-15-25)20(4)32-7-2;1-7-3-2-5(4-7)6(8)9/h8-16,18-20,30,32H,6-7,17H2,1-5H3;5H,2-4H2,1H3,(H,8,9)/t19-,20?,30?;/m1./s1. The number of carboxylic acid groups (broad SMARTS) is 1. The van der Waals surface area contributed by atoms with E-state index in [9.17, 15) is 9.59 Å². The van der Waals surface area contributed by atoms with Crippen LogP contribution in [-0.4, -0.2) is 61.8 Å². The first-order valence-electron chi connectivity index (χ1n) is 15.8. The number of hydrogen-bond acceptors (Lipinski definition) is 6. The van der Waals surface area contributed by atoms with Crippen LogP contribution in [0.5, 0.6) is 11.5 Å². The molecule has 3 aromatic carbocycles. The molecule has 0 bridgehead atoms. The van der Waals surface area contributed by atoms with Crippen molar-refractivity contribution in [1.29, 1.82) is 0 Å². The minimum atomic E-state index is -0.653. The van der Waals surface area contributed by atoms with Gasteiger partial charge in [0.1, 0.15) is 0 Å². The van der Waals surface area contributed by atoms with Gasteiger partial charge < -0.3 is 29.7 Å². The first-order valence-corrected chi connectivity index (χ1v) is 16.1. The first-order chi connectivity index (χ1) is 21.6. The molecule has 3 aromatic rings. The molecule has 1 fully saturated rings. The van der Waals surface area contributed by atoms with Crippen molar-refractivity contribution in [2.45, 2.75) is 65.1 Å². The summed E-state index contributed by atoms with van der Waals surface area (Å²) in [6, 6.07) is 19.9. The van der Waals surface area contributed by atoms with E-state index in [4.69, 9.17) is 26.2 Å². The fourth-order valence-corrected chi connectivity index (χ4v) is 5.99. The van der Waals surface area contributed by atoms with E-state index in [0.717, 1.165) is 54.9 Å². The molecule has 8 nitrogen and oxygen atoms in total. The number of carbonyl (C=O) groups excluding carboxylic acids is 1. The van der Waals surface area contributed by atoms with Gasteiger partial charge in [0.25, 0.3) is 0 Å². The van der Waals surface area contributed by atoms with Crippen LogP contribution in [0.1, 0.15) is 74.9 Å². The van der Waals surface area contributed by atoms with Crippen molar-refractivity contribution in [3.63, 3.8) is 0 Å². The maximum atomic E-state index is 13.7. The largest absolute Gasteiger partial charge is 0.493 e. The van der Waals surface area contributed by atoms with Crippen LogP contribution in [0.15, 0.2) is 60.7 Å². The number of nitrogens with one attached hydrogen (secondary N) is 1. The van der Waals surface area contributed by atoms with Crippen LogP contribution in [0.2, 0.25) is 5.02 Å². The Morgan fingerprint density at radius 1 is 1.07 bits per heavy atom. The Hall–Kier alpha value is -3.59. The molecule has 242 valence electrons. The van der Waals surface area contributed by atoms with Crippen LogP contribution < -0.4 is 19.7 Å². The predicted octanol–water partition coefficient (Wildman–Crippen LogP) is 6.90. The molecule has 2 N–H and O–H groups in total. The molecule has 5 rings (SSSR count). The minimum absolute atomic E-state index is 0.0348. The highest BCUT2D eigenvalue weighted by atomic mass is 35.5. The van der Waals surface area contributed by atoms with Gasteiger partial charge in [-0.15, -0.1) is 0 Å². The van der Waals surface area contributed by atoms with Crippen LogP contribution in [0.25, 0.3) is 0 Å². The second-order valence-electron chi connectivity index (χ2n) is 11.9. The van der Waals surface area contributed by atoms with Crippen LogP contribution in [0.3, 0.4) is 0 Å². The van der Waals surface area contributed by atoms with Gasteiger partial charge in [0, 0.05) is 23.3 Å². The van der Waals surface area contributed by atoms with Crippen molar-refractivity contribution in [3.8, 4) is 11.5 Å². The topological polar surface area (TPSA) is 91.3 Å². The monoisotopic (exact) mass is 635 g/mol. The molecule has 1 saturated heterocycles. The molecule has 1 amide bonds. The van der Waals surface area contributed by atoms with Crippen LogP contribution >= 0.6 is 11.6 Å². The van der Waals surface area contributed by atoms with Gasteiger partial charge >= 0.3 is 5.97 Å². The van der Waals surface area contributed by atoms with E-state index < -0.39 is 5.97 Å². The highest BCUT2D eigenvalue weighted by molar-refractivity contribution is 6.30. The Balaban J connectivity index is 0.000000440. The number of aliphatic carboxylic acids is 1. The van der Waals surface area contributed by atoms with Crippen molar-refractivity contribution in [2.75, 3.05) is 38.7 Å². The molecule has 0 aromatic heterocycles. The van der Waals surface area contributed by atoms with Crippen LogP contribution in [-0.2, 0) is 16.0 Å². The third-order valence-electron chi connectivity index (χ3n) is 8.60. The highest BCUT2D eigenvalue weighted by Gasteiger charge is 2.36. The maximum Gasteiger partial charge on any atom is 0.307 e. The number of ether oxygens (including phenoxy) is 2. The number of amides is 1. The number of benzene rings is 3. The summed E-state index contributed by atoms with van der Waals surface area (Å²) in [5.74, 6) is 0.600. The number of halogens is 1. The van der Waals surface area contributed by atoms with Crippen LogP contribution in [0, 0.1) is 5.92 Å². The lowest BCUT2D eigenvalue weighted by Gasteiger charge is -2.38. The third kappa shape index (κ3) is 8.37. The molecular formula is C36H46ClN3O5. The first kappa shape index (κ1) is 34.3. The molecule has 2 aliphatic rings. The van der Waals surface area contributed by atoms with E-state index in [0.29, 0.717) is 16.5 Å². The number of fused-ring (bicyclic) bond motifs is 1. The number of likely N-dealkylation sites (tertiary alicyclic amines) is 1. The Kier molecular flexibility index (Phi) is 11.9. The summed E-state index contributed by atoms with van der Waals surface area (Å²) in [5.41, 5.74) is 5.00. The zero-order valence-corrected chi connectivity index (χ0v) is 27.9. The Morgan fingerprint density at radius 3 is 2.29 bits per heavy atom. The highest BCUT2D eigenvalue weighted by Crippen LogP contribution is 2.44. The van der Waals surface area contributed by atoms with E-state index in [1.807, 2.05) is 72.3 Å². The van der Waals surface area contributed by atoms with Gasteiger partial charge in [0.05, 0.1) is 31.6 Å². The van der Waals surface area contributed by atoms with Crippen molar-refractivity contribution in [3.05, 3.63) is 87.9 Å². The molecule has 3 unspecified atom stereocenters. The lowest BCUT2D eigenvalue weighted by atomic mass is 9.86. The van der Waals surface area contributed by atoms with Gasteiger partial charge in [-0.1, -0.05) is 49.7 Å². The summed E-state index contributed by atoms with van der Waals surface area (Å²) < 4.78 is 11.9. The van der Waals surface area contributed by atoms with E-state index >= 15 is 0 Å². The van der Waals surface area contributed by atoms with Crippen molar-refractivity contribution in [1.82, 2.24) is 10.2 Å². The number of anilines is 1. The number of rotatable bonds is 10. The fraction of sp³-hybridized carbons (Fsp3) is 0.444. The van der Waals surface area contributed by atoms with Crippen molar-refractivity contribution < 1.29 is 24.2 Å². The quantitative estimate of drug-likeness (QED) is 0.250. The van der Waals surface area contributed by atoms with Gasteiger partial charge in [0.2, 0.25) is 5.91 Å². The fourth-order valence-electron chi connectivity index (χ4n) is 5.86. The lowest BCUT2D eigenvalue weighted by Crippen LogP contribution is -2.41. The molecule has 45 heavy (non-hydrogen) atoms. The zero-order chi connectivity index (χ0) is 32.7. The molecule has 2 heterocycles. The van der Waals surface area contributed by atoms with Gasteiger partial charge in [-0.25, -0.2) is 0 Å². The summed E-state index contributed by atoms with van der Waals surface area (Å²) >= 11 is 6.22. The van der Waals surface area contributed by atoms with E-state index in [1.165, 1.54) is 5.56 Å². The average Bonchev–Trinajstić information content (AvgIpc) is 3.48. The van der Waals surface area contributed by atoms with Crippen molar-refractivity contribution in [2.24, 2.45) is 5.92 Å². The van der Waals surface area contributed by atoms with E-state index in [2.05, 4.69) is 38.2 Å². The summed E-state index contributed by atoms with van der Waals surface area (Å²) in [7, 11) is 3.58. The summed E-state index contributed by atoms with van der Waals surface area (Å²) in [6.45, 7) is 10.9. The van der Waals surface area contributed by atoms with E-state index in [1.54, 1.807) is 7.11 Å². The van der Waals surface area contributed by atoms with Crippen LogP contribution in [0.4, 0.5) is 5.69 Å². The predicted molar refractivity (Wildman–Crippen MR) is 180 cm³/mol. The Bertz CT molecular complexity index is 1450. The summed E-state index contributed by atoms with van der Waals surface area (Å²) in [4.78, 5) is 27.9. The molecule has 4 atom stereocenters. The van der Waals surface area contributed by atoms with Gasteiger partial charge in [0.15, 0.2) is 11.5 Å². The molecule has 9 heteroatoms. The maximum absolute atomic E-state index is 13.7. The second-order valence-corrected chi connectivity index (χ2v) is 12.3. The average molecular weight is 636 g/mol.